The van der Waals surface area contributed by atoms with Crippen LogP contribution in [0.4, 0.5) is 5.69 Å². The van der Waals surface area contributed by atoms with Crippen molar-refractivity contribution < 1.29 is 24.2 Å². The van der Waals surface area contributed by atoms with Gasteiger partial charge in [0.1, 0.15) is 0 Å². The van der Waals surface area contributed by atoms with Gasteiger partial charge in [-0.15, -0.1) is 0 Å². The average molecular weight is 481 g/mol. The number of benzene rings is 2. The van der Waals surface area contributed by atoms with Gasteiger partial charge in [-0.1, -0.05) is 0 Å². The van der Waals surface area contributed by atoms with Crippen molar-refractivity contribution >= 4 is 51.9 Å². The van der Waals surface area contributed by atoms with Crippen molar-refractivity contribution in [1.82, 2.24) is 5.32 Å². The van der Waals surface area contributed by atoms with Gasteiger partial charge >= 0.3 is 179 Å². The van der Waals surface area contributed by atoms with Crippen molar-refractivity contribution in [3.63, 3.8) is 0 Å². The number of carboxylic acid groups (broad SMARTS) is 1. The van der Waals surface area contributed by atoms with Gasteiger partial charge in [0.15, 0.2) is 0 Å². The summed E-state index contributed by atoms with van der Waals surface area (Å²) in [6.45, 7) is 1.29. The Kier molecular flexibility index (Phi) is 9.05. The molecule has 2 aromatic rings. The molecule has 29 heavy (non-hydrogen) atoms. The first-order valence-electron chi connectivity index (χ1n) is 8.75. The number of hydrogen-bond acceptors (Lipinski definition) is 5. The van der Waals surface area contributed by atoms with E-state index in [9.17, 15) is 19.5 Å². The van der Waals surface area contributed by atoms with Crippen molar-refractivity contribution in [3.8, 4) is 5.75 Å². The van der Waals surface area contributed by atoms with E-state index in [2.05, 4.69) is 10.6 Å². The molecular weight excluding hydrogens is 459 g/mol. The number of carbonyl (C=O) groups excluding carboxylic acids is 2. The molecule has 7 nitrogen and oxygen atoms in total. The minimum absolute atomic E-state index is 0.185. The van der Waals surface area contributed by atoms with E-state index in [0.717, 1.165) is 4.46 Å². The van der Waals surface area contributed by atoms with Crippen molar-refractivity contribution in [2.75, 3.05) is 18.2 Å². The summed E-state index contributed by atoms with van der Waals surface area (Å²) in [6.07, 6.45) is 0.294. The molecule has 1 unspecified atom stereocenters. The summed E-state index contributed by atoms with van der Waals surface area (Å²) < 4.78 is 6.23. The Morgan fingerprint density at radius 1 is 1.14 bits per heavy atom. The van der Waals surface area contributed by atoms with Crippen LogP contribution in [0.5, 0.6) is 5.75 Å². The van der Waals surface area contributed by atoms with Crippen LogP contribution >= 0.6 is 10.2 Å². The molecule has 0 aliphatic rings. The number of para-hydroxylation sites is 1. The molecule has 0 aliphatic carbocycles. The molecule has 154 valence electrons. The summed E-state index contributed by atoms with van der Waals surface area (Å²) in [7, 11) is 3.09. The number of aliphatic carboxylic acids is 1. The Labute approximate surface area is 178 Å². The molecule has 0 bridgehead atoms. The third-order valence-electron chi connectivity index (χ3n) is 3.78. The molecular formula is C20H22N2O5SSe. The fourth-order valence-electron chi connectivity index (χ4n) is 2.43. The van der Waals surface area contributed by atoms with Crippen LogP contribution in [0, 0.1) is 0 Å². The van der Waals surface area contributed by atoms with Gasteiger partial charge in [0.25, 0.3) is 0 Å². The number of methoxy groups -OCH3 is 1. The quantitative estimate of drug-likeness (QED) is 0.354. The van der Waals surface area contributed by atoms with Crippen molar-refractivity contribution in [1.29, 1.82) is 0 Å². The Morgan fingerprint density at radius 3 is 2.48 bits per heavy atom. The Bertz CT molecular complexity index is 863. The van der Waals surface area contributed by atoms with Gasteiger partial charge in [-0.05, 0) is 0 Å². The van der Waals surface area contributed by atoms with E-state index in [0.29, 0.717) is 29.2 Å². The van der Waals surface area contributed by atoms with E-state index >= 15 is 0 Å². The van der Waals surface area contributed by atoms with Gasteiger partial charge in [-0.3, -0.25) is 0 Å². The van der Waals surface area contributed by atoms with Crippen molar-refractivity contribution in [2.45, 2.75) is 19.4 Å². The number of amides is 2. The molecule has 0 aromatic heterocycles. The van der Waals surface area contributed by atoms with Gasteiger partial charge in [-0.25, -0.2) is 0 Å². The van der Waals surface area contributed by atoms with Gasteiger partial charge in [0.2, 0.25) is 0 Å². The van der Waals surface area contributed by atoms with Crippen LogP contribution in [0.25, 0.3) is 0 Å². The summed E-state index contributed by atoms with van der Waals surface area (Å²) in [5.41, 5.74) is 1.23. The van der Waals surface area contributed by atoms with Crippen molar-refractivity contribution in [3.05, 3.63) is 54.1 Å². The molecule has 0 saturated carbocycles. The zero-order valence-electron chi connectivity index (χ0n) is 16.0. The number of ether oxygens (including phenoxy) is 1. The molecule has 0 fully saturated rings. The minimum atomic E-state index is -1.06. The number of hydrogen-bond donors (Lipinski definition) is 3. The number of anilines is 1. The molecule has 0 saturated heterocycles. The molecule has 9 heteroatoms. The maximum atomic E-state index is 12.8. The monoisotopic (exact) mass is 482 g/mol. The molecule has 2 rings (SSSR count). The van der Waals surface area contributed by atoms with E-state index in [1.807, 2.05) is 30.3 Å². The molecule has 0 radical (unpaired) electrons. The predicted octanol–water partition coefficient (Wildman–Crippen LogP) is 1.90. The predicted molar refractivity (Wildman–Crippen MR) is 115 cm³/mol. The Hall–Kier alpha value is -2.48. The molecule has 0 spiro atoms. The summed E-state index contributed by atoms with van der Waals surface area (Å²) >= 11 is -0.185. The zero-order valence-corrected chi connectivity index (χ0v) is 18.5. The van der Waals surface area contributed by atoms with Crippen LogP contribution in [0.3, 0.4) is 0 Å². The van der Waals surface area contributed by atoms with E-state index < -0.39 is 12.0 Å². The number of carbonyl (C=O) groups is 3. The van der Waals surface area contributed by atoms with E-state index in [4.69, 9.17) is 4.74 Å². The summed E-state index contributed by atoms with van der Waals surface area (Å²) in [5.74, 6) is -0.523. The molecule has 0 aliphatic heterocycles. The maximum absolute atomic E-state index is 12.8. The summed E-state index contributed by atoms with van der Waals surface area (Å²) in [6, 6.07) is 13.6. The van der Waals surface area contributed by atoms with Crippen molar-refractivity contribution in [2.24, 2.45) is 0 Å². The Morgan fingerprint density at radius 2 is 1.86 bits per heavy atom. The number of rotatable bonds is 10. The second kappa shape index (κ2) is 11.5. The van der Waals surface area contributed by atoms with Gasteiger partial charge in [0, 0.05) is 0 Å². The van der Waals surface area contributed by atoms with E-state index in [-0.39, 0.29) is 25.7 Å². The number of nitrogens with one attached hydrogen (secondary N) is 2. The third-order valence-corrected chi connectivity index (χ3v) is 8.19. The van der Waals surface area contributed by atoms with Gasteiger partial charge in [0.05, 0.1) is 0 Å². The average Bonchev–Trinajstić information content (AvgIpc) is 2.70. The second-order valence-electron chi connectivity index (χ2n) is 5.94. The molecule has 3 N–H and O–H groups in total. The first-order valence-corrected chi connectivity index (χ1v) is 12.6. The van der Waals surface area contributed by atoms with Gasteiger partial charge < -0.3 is 0 Å². The molecule has 2 aromatic carbocycles. The fourth-order valence-corrected chi connectivity index (χ4v) is 6.74. The topological polar surface area (TPSA) is 105 Å². The number of carboxylic acids is 1. The molecule has 1 atom stereocenters. The summed E-state index contributed by atoms with van der Waals surface area (Å²) in [5, 5.41) is 14.5. The Balaban J connectivity index is 2.06. The zero-order chi connectivity index (χ0) is 21.2. The third kappa shape index (κ3) is 7.12. The first-order chi connectivity index (χ1) is 13.9. The molecule has 0 heterocycles. The van der Waals surface area contributed by atoms with Crippen LogP contribution in [0.2, 0.25) is 0 Å². The standard InChI is InChI=1S/C20H22N2O5SSe/c1-13(23)21-16(20(25)26)11-12-28-29-18-15(9-6-10-17(18)27-2)19(24)22-14-7-4-3-5-8-14/h3-10,16H,11-12H2,1-2H3,(H,21,23)(H,22,24)(H,25,26). The van der Waals surface area contributed by atoms with E-state index in [1.165, 1.54) is 17.1 Å². The first kappa shape index (κ1) is 22.8. The van der Waals surface area contributed by atoms with Crippen LogP contribution in [0.1, 0.15) is 23.7 Å². The molecule has 2 amide bonds. The van der Waals surface area contributed by atoms with Crippen LogP contribution in [0.15, 0.2) is 48.5 Å². The van der Waals surface area contributed by atoms with E-state index in [1.54, 1.807) is 25.3 Å². The normalized spacial score (nSPS) is 11.4. The van der Waals surface area contributed by atoms with Crippen LogP contribution in [-0.4, -0.2) is 55.6 Å². The second-order valence-corrected chi connectivity index (χ2v) is 10.1. The summed E-state index contributed by atoms with van der Waals surface area (Å²) in [4.78, 5) is 35.1. The van der Waals surface area contributed by atoms with Gasteiger partial charge in [-0.2, -0.15) is 0 Å². The van der Waals surface area contributed by atoms with Crippen LogP contribution < -0.4 is 19.8 Å². The SMILES string of the molecule is COc1cccc(C(=O)Nc2ccccc2)c1[Se]SCCC(NC(C)=O)C(=O)O. The van der Waals surface area contributed by atoms with Crippen LogP contribution in [-0.2, 0) is 9.59 Å². The fraction of sp³-hybridized carbons (Fsp3) is 0.250.